The van der Waals surface area contributed by atoms with Crippen molar-refractivity contribution in [3.63, 3.8) is 0 Å². The smallest absolute Gasteiger partial charge is 0.395 e. The largest absolute Gasteiger partial charge is 0.433 e. The second kappa shape index (κ2) is 7.45. The fraction of sp³-hybridized carbons (Fsp3) is 0.333. The number of nitro groups is 1. The Kier molecular flexibility index (Phi) is 5.24. The number of aryl methyl sites for hydroxylation is 2. The molecule has 142 valence electrons. The van der Waals surface area contributed by atoms with Crippen LogP contribution in [0.4, 0.5) is 11.0 Å². The second-order valence-corrected chi connectivity index (χ2v) is 7.74. The number of furan rings is 1. The maximum atomic E-state index is 13.0. The molecule has 0 aliphatic heterocycles. The van der Waals surface area contributed by atoms with Crippen LogP contribution in [0.25, 0.3) is 10.2 Å². The van der Waals surface area contributed by atoms with Crippen molar-refractivity contribution in [1.29, 1.82) is 0 Å². The standard InChI is InChI=1S/C18H20N4O4S/c1-11-9-12(2)16-14(10-11)27-18(19-16)21(8-7-20(3)4)17(23)13-5-6-15(26-13)22(24)25/h5-6,9-10H,7-8H2,1-4H3/p+1. The number of quaternary nitrogens is 1. The monoisotopic (exact) mass is 389 g/mol. The van der Waals surface area contributed by atoms with E-state index >= 15 is 0 Å². The summed E-state index contributed by atoms with van der Waals surface area (Å²) >= 11 is 1.43. The molecule has 1 amide bonds. The van der Waals surface area contributed by atoms with Gasteiger partial charge in [0.05, 0.1) is 43.5 Å². The van der Waals surface area contributed by atoms with Gasteiger partial charge in [-0.15, -0.1) is 0 Å². The summed E-state index contributed by atoms with van der Waals surface area (Å²) in [6.45, 7) is 5.13. The normalized spacial score (nSPS) is 11.3. The van der Waals surface area contributed by atoms with Crippen molar-refractivity contribution >= 4 is 38.5 Å². The summed E-state index contributed by atoms with van der Waals surface area (Å²) in [5, 5.41) is 11.4. The Bertz CT molecular complexity index is 1010. The van der Waals surface area contributed by atoms with Crippen LogP contribution in [0, 0.1) is 24.0 Å². The molecule has 0 fully saturated rings. The minimum absolute atomic E-state index is 0.0670. The molecule has 0 unspecified atom stereocenters. The third kappa shape index (κ3) is 3.99. The zero-order chi connectivity index (χ0) is 19.7. The summed E-state index contributed by atoms with van der Waals surface area (Å²) in [7, 11) is 3.98. The van der Waals surface area contributed by atoms with Gasteiger partial charge < -0.3 is 9.32 Å². The molecule has 8 nitrogen and oxygen atoms in total. The van der Waals surface area contributed by atoms with E-state index in [1.54, 1.807) is 0 Å². The average molecular weight is 389 g/mol. The second-order valence-electron chi connectivity index (χ2n) is 6.73. The summed E-state index contributed by atoms with van der Waals surface area (Å²) in [6.07, 6.45) is 0. The van der Waals surface area contributed by atoms with Crippen molar-refractivity contribution in [3.8, 4) is 0 Å². The predicted octanol–water partition coefficient (Wildman–Crippen LogP) is 2.21. The Labute approximate surface area is 160 Å². The number of nitrogens with zero attached hydrogens (tertiary/aromatic N) is 3. The van der Waals surface area contributed by atoms with Gasteiger partial charge in [0.2, 0.25) is 0 Å². The first kappa shape index (κ1) is 19.0. The summed E-state index contributed by atoms with van der Waals surface area (Å²) in [6, 6.07) is 6.62. The van der Waals surface area contributed by atoms with Crippen molar-refractivity contribution in [1.82, 2.24) is 4.98 Å². The molecule has 0 bridgehead atoms. The number of aromatic nitrogens is 1. The van der Waals surface area contributed by atoms with Crippen LogP contribution in [0.15, 0.2) is 28.7 Å². The number of nitrogens with one attached hydrogen (secondary N) is 1. The molecular weight excluding hydrogens is 368 g/mol. The molecule has 9 heteroatoms. The van der Waals surface area contributed by atoms with Gasteiger partial charge in [-0.1, -0.05) is 17.4 Å². The molecule has 3 aromatic rings. The molecule has 0 saturated carbocycles. The highest BCUT2D eigenvalue weighted by Crippen LogP contribution is 2.32. The fourth-order valence-corrected chi connectivity index (χ4v) is 3.93. The lowest BCUT2D eigenvalue weighted by Crippen LogP contribution is -3.06. The van der Waals surface area contributed by atoms with Crippen LogP contribution in [-0.2, 0) is 0 Å². The first-order valence-corrected chi connectivity index (χ1v) is 9.31. The Morgan fingerprint density at radius 1 is 1.33 bits per heavy atom. The maximum absolute atomic E-state index is 13.0. The number of fused-ring (bicyclic) bond motifs is 1. The molecule has 1 N–H and O–H groups in total. The Hall–Kier alpha value is -2.78. The quantitative estimate of drug-likeness (QED) is 0.515. The molecule has 3 rings (SSSR count). The van der Waals surface area contributed by atoms with Gasteiger partial charge >= 0.3 is 5.88 Å². The van der Waals surface area contributed by atoms with Gasteiger partial charge in [-0.3, -0.25) is 19.8 Å². The van der Waals surface area contributed by atoms with E-state index in [0.717, 1.165) is 21.3 Å². The highest BCUT2D eigenvalue weighted by molar-refractivity contribution is 7.22. The summed E-state index contributed by atoms with van der Waals surface area (Å²) in [4.78, 5) is 30.6. The molecular formula is C18H21N4O4S+. The van der Waals surface area contributed by atoms with E-state index in [1.807, 2.05) is 34.0 Å². The van der Waals surface area contributed by atoms with Crippen molar-refractivity contribution in [3.05, 3.63) is 51.3 Å². The number of anilines is 1. The number of carbonyl (C=O) groups excluding carboxylic acids is 1. The van der Waals surface area contributed by atoms with Crippen molar-refractivity contribution in [2.24, 2.45) is 0 Å². The molecule has 0 aliphatic rings. The number of rotatable bonds is 6. The lowest BCUT2D eigenvalue weighted by atomic mass is 10.1. The molecule has 0 saturated heterocycles. The van der Waals surface area contributed by atoms with Crippen LogP contribution in [-0.4, -0.2) is 43.0 Å². The number of hydrogen-bond acceptors (Lipinski definition) is 6. The number of carbonyl (C=O) groups is 1. The molecule has 1 aromatic carbocycles. The van der Waals surface area contributed by atoms with E-state index in [4.69, 9.17) is 4.42 Å². The van der Waals surface area contributed by atoms with E-state index in [-0.39, 0.29) is 5.76 Å². The minimum Gasteiger partial charge on any atom is -0.395 e. The van der Waals surface area contributed by atoms with Crippen molar-refractivity contribution < 1.29 is 19.0 Å². The van der Waals surface area contributed by atoms with E-state index < -0.39 is 16.7 Å². The maximum Gasteiger partial charge on any atom is 0.433 e. The lowest BCUT2D eigenvalue weighted by molar-refractivity contribution is -0.856. The number of thiazole rings is 1. The molecule has 2 aromatic heterocycles. The Morgan fingerprint density at radius 2 is 2.07 bits per heavy atom. The van der Waals surface area contributed by atoms with Gasteiger partial charge in [-0.25, -0.2) is 4.98 Å². The van der Waals surface area contributed by atoms with Crippen LogP contribution < -0.4 is 9.80 Å². The van der Waals surface area contributed by atoms with Crippen molar-refractivity contribution in [2.45, 2.75) is 13.8 Å². The first-order valence-electron chi connectivity index (χ1n) is 8.49. The predicted molar refractivity (Wildman–Crippen MR) is 104 cm³/mol. The summed E-state index contributed by atoms with van der Waals surface area (Å²) in [5.41, 5.74) is 3.04. The fourth-order valence-electron chi connectivity index (χ4n) is 2.77. The van der Waals surface area contributed by atoms with E-state index in [9.17, 15) is 14.9 Å². The van der Waals surface area contributed by atoms with Gasteiger partial charge in [-0.05, 0) is 37.1 Å². The summed E-state index contributed by atoms with van der Waals surface area (Å²) < 4.78 is 6.12. The molecule has 0 radical (unpaired) electrons. The molecule has 2 heterocycles. The first-order chi connectivity index (χ1) is 12.8. The third-order valence-corrected chi connectivity index (χ3v) is 5.14. The van der Waals surface area contributed by atoms with Crippen LogP contribution >= 0.6 is 11.3 Å². The zero-order valence-electron chi connectivity index (χ0n) is 15.6. The number of hydrogen-bond donors (Lipinski definition) is 1. The minimum atomic E-state index is -0.658. The number of amides is 1. The van der Waals surface area contributed by atoms with Gasteiger partial charge in [0, 0.05) is 0 Å². The molecule has 0 aliphatic carbocycles. The average Bonchev–Trinajstić information content (AvgIpc) is 3.21. The van der Waals surface area contributed by atoms with Crippen LogP contribution in [0.2, 0.25) is 0 Å². The van der Waals surface area contributed by atoms with E-state index in [2.05, 4.69) is 11.1 Å². The summed E-state index contributed by atoms with van der Waals surface area (Å²) in [5.74, 6) is -0.951. The van der Waals surface area contributed by atoms with Crippen LogP contribution in [0.5, 0.6) is 0 Å². The van der Waals surface area contributed by atoms with Crippen LogP contribution in [0.3, 0.4) is 0 Å². The van der Waals surface area contributed by atoms with Crippen molar-refractivity contribution in [2.75, 3.05) is 32.1 Å². The molecule has 0 atom stereocenters. The molecule has 0 spiro atoms. The zero-order valence-corrected chi connectivity index (χ0v) is 16.4. The van der Waals surface area contributed by atoms with E-state index in [0.29, 0.717) is 18.2 Å². The Morgan fingerprint density at radius 3 is 2.70 bits per heavy atom. The number of likely N-dealkylation sites (N-methyl/N-ethyl adjacent to an activating group) is 1. The van der Waals surface area contributed by atoms with Crippen LogP contribution in [0.1, 0.15) is 21.7 Å². The lowest BCUT2D eigenvalue weighted by Gasteiger charge is -2.19. The third-order valence-electron chi connectivity index (χ3n) is 4.11. The van der Waals surface area contributed by atoms with Gasteiger partial charge in [0.1, 0.15) is 4.92 Å². The SMILES string of the molecule is Cc1cc(C)c2nc(N(CC[NH+](C)C)C(=O)c3ccc([N+](=O)[O-])o3)sc2c1. The van der Waals surface area contributed by atoms with Gasteiger partial charge in [0.25, 0.3) is 5.91 Å². The van der Waals surface area contributed by atoms with Gasteiger partial charge in [-0.2, -0.15) is 0 Å². The van der Waals surface area contributed by atoms with Gasteiger partial charge in [0.15, 0.2) is 10.9 Å². The number of benzene rings is 1. The topological polar surface area (TPSA) is 93.9 Å². The molecule has 27 heavy (non-hydrogen) atoms. The highest BCUT2D eigenvalue weighted by Gasteiger charge is 2.26. The highest BCUT2D eigenvalue weighted by atomic mass is 32.1. The Balaban J connectivity index is 2.01. The van der Waals surface area contributed by atoms with E-state index in [1.165, 1.54) is 33.3 Å².